The Kier molecular flexibility index (Phi) is 6.45. The van der Waals surface area contributed by atoms with Crippen LogP contribution in [-0.4, -0.2) is 51.4 Å². The zero-order valence-corrected chi connectivity index (χ0v) is 18.8. The second-order valence-corrected chi connectivity index (χ2v) is 8.75. The maximum absolute atomic E-state index is 12.9. The highest BCUT2D eigenvalue weighted by Gasteiger charge is 2.23. The highest BCUT2D eigenvalue weighted by atomic mass is 32.1. The van der Waals surface area contributed by atoms with Gasteiger partial charge in [-0.25, -0.2) is 9.78 Å². The lowest BCUT2D eigenvalue weighted by atomic mass is 10.0. The molecular weight excluding hydrogens is 428 g/mol. The molecule has 0 spiro atoms. The number of ether oxygens (including phenoxy) is 1. The van der Waals surface area contributed by atoms with E-state index in [-0.39, 0.29) is 24.0 Å². The van der Waals surface area contributed by atoms with Crippen molar-refractivity contribution in [2.75, 3.05) is 19.7 Å². The number of likely N-dealkylation sites (tertiary alicyclic amines) is 1. The number of aromatic amines is 1. The number of carbonyl (C=O) groups excluding carboxylic acids is 2. The van der Waals surface area contributed by atoms with Crippen LogP contribution < -0.4 is 5.56 Å². The van der Waals surface area contributed by atoms with Gasteiger partial charge < -0.3 is 14.6 Å². The Morgan fingerprint density at radius 1 is 1.28 bits per heavy atom. The van der Waals surface area contributed by atoms with Crippen molar-refractivity contribution in [3.05, 3.63) is 57.6 Å². The molecule has 0 saturated carbocycles. The van der Waals surface area contributed by atoms with Crippen LogP contribution in [0.1, 0.15) is 48.7 Å². The lowest BCUT2D eigenvalue weighted by Crippen LogP contribution is -2.29. The molecule has 3 aromatic rings. The minimum Gasteiger partial charge on any atom is -0.460 e. The van der Waals surface area contributed by atoms with Gasteiger partial charge in [0.2, 0.25) is 5.91 Å². The van der Waals surface area contributed by atoms with Crippen molar-refractivity contribution >= 4 is 23.2 Å². The Labute approximate surface area is 189 Å². The van der Waals surface area contributed by atoms with Crippen molar-refractivity contribution in [1.82, 2.24) is 19.9 Å². The first-order chi connectivity index (χ1) is 15.4. The summed E-state index contributed by atoms with van der Waals surface area (Å²) in [5.74, 6) is -0.520. The van der Waals surface area contributed by atoms with Gasteiger partial charge in [-0.3, -0.25) is 14.6 Å². The summed E-state index contributed by atoms with van der Waals surface area (Å²) in [6, 6.07) is 5.26. The zero-order valence-electron chi connectivity index (χ0n) is 18.0. The normalized spacial score (nSPS) is 13.7. The first-order valence-electron chi connectivity index (χ1n) is 10.5. The van der Waals surface area contributed by atoms with Gasteiger partial charge >= 0.3 is 5.97 Å². The molecule has 0 radical (unpaired) electrons. The maximum atomic E-state index is 12.9. The van der Waals surface area contributed by atoms with Crippen LogP contribution >= 0.6 is 11.3 Å². The van der Waals surface area contributed by atoms with E-state index in [0.717, 1.165) is 17.0 Å². The van der Waals surface area contributed by atoms with Crippen LogP contribution in [0.15, 0.2) is 40.8 Å². The quantitative estimate of drug-likeness (QED) is 0.551. The van der Waals surface area contributed by atoms with E-state index >= 15 is 0 Å². The highest BCUT2D eigenvalue weighted by Crippen LogP contribution is 2.28. The summed E-state index contributed by atoms with van der Waals surface area (Å²) in [6.45, 7) is 4.97. The number of amides is 1. The summed E-state index contributed by atoms with van der Waals surface area (Å²) in [7, 11) is 0. The summed E-state index contributed by atoms with van der Waals surface area (Å²) < 4.78 is 5.45. The van der Waals surface area contributed by atoms with Crippen LogP contribution in [0, 0.1) is 0 Å². The Hall–Kier alpha value is -3.33. The molecule has 1 fully saturated rings. The van der Waals surface area contributed by atoms with Crippen LogP contribution in [0.25, 0.3) is 21.8 Å². The zero-order chi connectivity index (χ0) is 22.7. The molecule has 3 aromatic heterocycles. The van der Waals surface area contributed by atoms with Crippen molar-refractivity contribution in [2.45, 2.75) is 32.6 Å². The van der Waals surface area contributed by atoms with E-state index in [1.807, 2.05) is 26.0 Å². The number of H-pyrrole nitrogens is 1. The van der Waals surface area contributed by atoms with Crippen molar-refractivity contribution in [2.24, 2.45) is 0 Å². The third-order valence-corrected chi connectivity index (χ3v) is 6.23. The Balaban J connectivity index is 1.59. The molecule has 4 heterocycles. The first-order valence-corrected chi connectivity index (χ1v) is 11.4. The van der Waals surface area contributed by atoms with Gasteiger partial charge in [-0.15, -0.1) is 11.3 Å². The van der Waals surface area contributed by atoms with Crippen molar-refractivity contribution in [3.63, 3.8) is 0 Å². The Morgan fingerprint density at radius 2 is 2.06 bits per heavy atom. The molecule has 1 aliphatic heterocycles. The molecule has 4 rings (SSSR count). The summed E-state index contributed by atoms with van der Waals surface area (Å²) in [5, 5.41) is 2.55. The third kappa shape index (κ3) is 4.62. The van der Waals surface area contributed by atoms with E-state index in [9.17, 15) is 14.4 Å². The monoisotopic (exact) mass is 452 g/mol. The molecule has 32 heavy (non-hydrogen) atoms. The first kappa shape index (κ1) is 21.9. The van der Waals surface area contributed by atoms with Gasteiger partial charge in [-0.1, -0.05) is 13.8 Å². The lowest BCUT2D eigenvalue weighted by molar-refractivity contribution is -0.128. The number of nitrogens with one attached hydrogen (secondary N) is 1. The maximum Gasteiger partial charge on any atom is 0.340 e. The predicted molar refractivity (Wildman–Crippen MR) is 122 cm³/mol. The molecule has 1 aliphatic rings. The number of thiazole rings is 1. The van der Waals surface area contributed by atoms with Crippen LogP contribution in [0.4, 0.5) is 0 Å². The van der Waals surface area contributed by atoms with Crippen molar-refractivity contribution in [3.8, 4) is 21.8 Å². The Morgan fingerprint density at radius 3 is 2.75 bits per heavy atom. The predicted octanol–water partition coefficient (Wildman–Crippen LogP) is 3.46. The molecular formula is C23H24N4O4S. The van der Waals surface area contributed by atoms with Crippen molar-refractivity contribution in [1.29, 1.82) is 0 Å². The van der Waals surface area contributed by atoms with Gasteiger partial charge in [0.1, 0.15) is 11.6 Å². The summed E-state index contributed by atoms with van der Waals surface area (Å²) in [5.41, 5.74) is 2.23. The van der Waals surface area contributed by atoms with E-state index in [4.69, 9.17) is 4.74 Å². The fraction of sp³-hybridized carbons (Fsp3) is 0.348. The molecule has 0 aliphatic carbocycles. The fourth-order valence-corrected chi connectivity index (χ4v) is 4.48. The van der Waals surface area contributed by atoms with Gasteiger partial charge in [-0.05, 0) is 30.5 Å². The lowest BCUT2D eigenvalue weighted by Gasteiger charge is -2.16. The number of hydrogen-bond donors (Lipinski definition) is 1. The van der Waals surface area contributed by atoms with Gasteiger partial charge in [-0.2, -0.15) is 0 Å². The van der Waals surface area contributed by atoms with Crippen LogP contribution in [-0.2, 0) is 9.53 Å². The van der Waals surface area contributed by atoms with E-state index in [0.29, 0.717) is 42.0 Å². The van der Waals surface area contributed by atoms with E-state index < -0.39 is 5.97 Å². The smallest absolute Gasteiger partial charge is 0.340 e. The van der Waals surface area contributed by atoms with Gasteiger partial charge in [0.05, 0.1) is 23.4 Å². The third-order valence-electron chi connectivity index (χ3n) is 5.34. The van der Waals surface area contributed by atoms with Crippen molar-refractivity contribution < 1.29 is 14.3 Å². The van der Waals surface area contributed by atoms with Crippen LogP contribution in [0.2, 0.25) is 0 Å². The van der Waals surface area contributed by atoms with Gasteiger partial charge in [0.25, 0.3) is 5.56 Å². The minimum atomic E-state index is -0.526. The molecule has 0 aromatic carbocycles. The van der Waals surface area contributed by atoms with E-state index in [1.165, 1.54) is 11.3 Å². The van der Waals surface area contributed by atoms with Crippen LogP contribution in [0.5, 0.6) is 0 Å². The SMILES string of the molecule is CC(C)c1[nH]c(=O)c(-c2csc(-c3ccncc3)n2)cc1C(=O)OCCN1CCCC1=O. The number of esters is 1. The van der Waals surface area contributed by atoms with E-state index in [2.05, 4.69) is 15.0 Å². The number of rotatable bonds is 7. The minimum absolute atomic E-state index is 0.0812. The average molecular weight is 453 g/mol. The molecule has 0 unspecified atom stereocenters. The standard InChI is InChI=1S/C23H24N4O4S/c1-14(2)20-17(23(30)31-11-10-27-9-3-4-19(27)28)12-16(21(29)26-20)18-13-32-22(25-18)15-5-7-24-8-6-15/h5-8,12-14H,3-4,9-11H2,1-2H3,(H,26,29). The fourth-order valence-electron chi connectivity index (χ4n) is 3.65. The average Bonchev–Trinajstić information content (AvgIpc) is 3.43. The number of pyridine rings is 2. The van der Waals surface area contributed by atoms with E-state index in [1.54, 1.807) is 28.7 Å². The summed E-state index contributed by atoms with van der Waals surface area (Å²) >= 11 is 1.41. The second kappa shape index (κ2) is 9.44. The number of aromatic nitrogens is 3. The molecule has 166 valence electrons. The molecule has 9 heteroatoms. The topological polar surface area (TPSA) is 105 Å². The van der Waals surface area contributed by atoms with Gasteiger partial charge in [0, 0.05) is 42.0 Å². The summed E-state index contributed by atoms with van der Waals surface area (Å²) in [6.07, 6.45) is 4.75. The molecule has 1 amide bonds. The largest absolute Gasteiger partial charge is 0.460 e. The summed E-state index contributed by atoms with van der Waals surface area (Å²) in [4.78, 5) is 50.5. The van der Waals surface area contributed by atoms with Gasteiger partial charge in [0.15, 0.2) is 0 Å². The number of nitrogens with zero attached hydrogens (tertiary/aromatic N) is 3. The molecule has 0 atom stereocenters. The van der Waals surface area contributed by atoms with Crippen LogP contribution in [0.3, 0.4) is 0 Å². The second-order valence-electron chi connectivity index (χ2n) is 7.89. The molecule has 8 nitrogen and oxygen atoms in total. The Bertz CT molecular complexity index is 1190. The number of hydrogen-bond acceptors (Lipinski definition) is 7. The highest BCUT2D eigenvalue weighted by molar-refractivity contribution is 7.13. The molecule has 1 saturated heterocycles. The molecule has 0 bridgehead atoms. The molecule has 1 N–H and O–H groups in total. The number of carbonyl (C=O) groups is 2.